The number of amides is 1. The lowest BCUT2D eigenvalue weighted by atomic mass is 10.1. The summed E-state index contributed by atoms with van der Waals surface area (Å²) in [6.07, 6.45) is 6.38. The molecule has 7 heteroatoms. The lowest BCUT2D eigenvalue weighted by Gasteiger charge is -2.26. The molecule has 1 aliphatic rings. The van der Waals surface area contributed by atoms with Crippen molar-refractivity contribution in [1.82, 2.24) is 9.97 Å². The summed E-state index contributed by atoms with van der Waals surface area (Å²) in [7, 11) is 0. The minimum absolute atomic E-state index is 0.139. The van der Waals surface area contributed by atoms with Gasteiger partial charge in [0.15, 0.2) is 0 Å². The third-order valence-corrected chi connectivity index (χ3v) is 3.93. The predicted molar refractivity (Wildman–Crippen MR) is 86.8 cm³/mol. The van der Waals surface area contributed by atoms with Gasteiger partial charge in [0, 0.05) is 19.2 Å². The normalized spacial score (nSPS) is 14.5. The van der Waals surface area contributed by atoms with Crippen molar-refractivity contribution >= 4 is 17.5 Å². The average molecular weight is 332 g/mol. The van der Waals surface area contributed by atoms with Gasteiger partial charge in [-0.15, -0.1) is 0 Å². The van der Waals surface area contributed by atoms with Gasteiger partial charge in [-0.05, 0) is 30.9 Å². The molecule has 0 saturated carbocycles. The van der Waals surface area contributed by atoms with Gasteiger partial charge in [0.2, 0.25) is 11.9 Å². The number of halogens is 2. The van der Waals surface area contributed by atoms with Crippen LogP contribution < -0.4 is 10.2 Å². The molecule has 0 unspecified atom stereocenters. The number of hydrogen-bond donors (Lipinski definition) is 1. The van der Waals surface area contributed by atoms with Crippen molar-refractivity contribution in [3.05, 3.63) is 47.8 Å². The standard InChI is InChI=1S/C17H18F2N4O/c18-13-5-4-12(15(19)9-13)8-16(24)22-14-10-20-17(21-11-14)23-6-2-1-3-7-23/h4-5,9-11H,1-3,6-8H2,(H,22,24). The van der Waals surface area contributed by atoms with E-state index < -0.39 is 17.5 Å². The van der Waals surface area contributed by atoms with E-state index in [2.05, 4.69) is 20.2 Å². The van der Waals surface area contributed by atoms with Crippen LogP contribution in [0.2, 0.25) is 0 Å². The highest BCUT2D eigenvalue weighted by Crippen LogP contribution is 2.16. The third-order valence-electron chi connectivity index (χ3n) is 3.93. The van der Waals surface area contributed by atoms with Crippen molar-refractivity contribution in [3.63, 3.8) is 0 Å². The average Bonchev–Trinajstić information content (AvgIpc) is 2.59. The van der Waals surface area contributed by atoms with Crippen molar-refractivity contribution in [2.45, 2.75) is 25.7 Å². The minimum Gasteiger partial charge on any atom is -0.341 e. The molecule has 126 valence electrons. The summed E-state index contributed by atoms with van der Waals surface area (Å²) >= 11 is 0. The Morgan fingerprint density at radius 1 is 1.12 bits per heavy atom. The first-order chi connectivity index (χ1) is 11.6. The van der Waals surface area contributed by atoms with Crippen LogP contribution in [0.15, 0.2) is 30.6 Å². The largest absolute Gasteiger partial charge is 0.341 e. The van der Waals surface area contributed by atoms with E-state index in [9.17, 15) is 13.6 Å². The van der Waals surface area contributed by atoms with Crippen LogP contribution in [0, 0.1) is 11.6 Å². The maximum absolute atomic E-state index is 13.6. The van der Waals surface area contributed by atoms with E-state index in [4.69, 9.17) is 0 Å². The lowest BCUT2D eigenvalue weighted by molar-refractivity contribution is -0.115. The van der Waals surface area contributed by atoms with Gasteiger partial charge in [0.05, 0.1) is 24.5 Å². The molecule has 2 aromatic rings. The second-order valence-corrected chi connectivity index (χ2v) is 5.78. The second kappa shape index (κ2) is 7.33. The molecule has 1 aromatic heterocycles. The zero-order valence-corrected chi connectivity index (χ0v) is 13.1. The molecule has 5 nitrogen and oxygen atoms in total. The summed E-state index contributed by atoms with van der Waals surface area (Å²) in [4.78, 5) is 22.6. The van der Waals surface area contributed by atoms with Gasteiger partial charge in [-0.25, -0.2) is 18.7 Å². The van der Waals surface area contributed by atoms with E-state index in [1.807, 2.05) is 0 Å². The summed E-state index contributed by atoms with van der Waals surface area (Å²) in [6.45, 7) is 1.88. The molecule has 0 aliphatic carbocycles. The molecule has 0 bridgehead atoms. The number of anilines is 2. The SMILES string of the molecule is O=C(Cc1ccc(F)cc1F)Nc1cnc(N2CCCCC2)nc1. The van der Waals surface area contributed by atoms with Gasteiger partial charge in [-0.1, -0.05) is 6.07 Å². The molecule has 1 aromatic carbocycles. The van der Waals surface area contributed by atoms with Gasteiger partial charge in [-0.3, -0.25) is 4.79 Å². The highest BCUT2D eigenvalue weighted by Gasteiger charge is 2.14. The molecule has 1 fully saturated rings. The number of nitrogens with one attached hydrogen (secondary N) is 1. The zero-order chi connectivity index (χ0) is 16.9. The minimum atomic E-state index is -0.734. The van der Waals surface area contributed by atoms with E-state index >= 15 is 0 Å². The molecule has 0 atom stereocenters. The molecule has 1 amide bonds. The van der Waals surface area contributed by atoms with E-state index in [0.717, 1.165) is 38.1 Å². The topological polar surface area (TPSA) is 58.1 Å². The second-order valence-electron chi connectivity index (χ2n) is 5.78. The van der Waals surface area contributed by atoms with Gasteiger partial charge < -0.3 is 10.2 Å². The number of nitrogens with zero attached hydrogens (tertiary/aromatic N) is 3. The smallest absolute Gasteiger partial charge is 0.228 e. The Kier molecular flexibility index (Phi) is 4.98. The monoisotopic (exact) mass is 332 g/mol. The van der Waals surface area contributed by atoms with E-state index in [0.29, 0.717) is 11.6 Å². The molecule has 1 N–H and O–H groups in total. The zero-order valence-electron chi connectivity index (χ0n) is 13.1. The highest BCUT2D eigenvalue weighted by atomic mass is 19.1. The van der Waals surface area contributed by atoms with Crippen molar-refractivity contribution in [3.8, 4) is 0 Å². The molecular weight excluding hydrogens is 314 g/mol. The van der Waals surface area contributed by atoms with Crippen molar-refractivity contribution in [2.24, 2.45) is 0 Å². The molecule has 1 saturated heterocycles. The van der Waals surface area contributed by atoms with Gasteiger partial charge in [0.25, 0.3) is 0 Å². The van der Waals surface area contributed by atoms with E-state index in [1.165, 1.54) is 24.9 Å². The van der Waals surface area contributed by atoms with Crippen molar-refractivity contribution in [1.29, 1.82) is 0 Å². The number of benzene rings is 1. The molecule has 0 spiro atoms. The summed E-state index contributed by atoms with van der Waals surface area (Å²) in [5.41, 5.74) is 0.586. The fourth-order valence-electron chi connectivity index (χ4n) is 2.69. The summed E-state index contributed by atoms with van der Waals surface area (Å²) in [6, 6.07) is 3.15. The predicted octanol–water partition coefficient (Wildman–Crippen LogP) is 2.93. The summed E-state index contributed by atoms with van der Waals surface area (Å²) in [5.74, 6) is -1.16. The molecule has 1 aliphatic heterocycles. The van der Waals surface area contributed by atoms with E-state index in [1.54, 1.807) is 0 Å². The number of piperidine rings is 1. The Bertz CT molecular complexity index is 715. The fraction of sp³-hybridized carbons (Fsp3) is 0.353. The first kappa shape index (κ1) is 16.3. The molecular formula is C17H18F2N4O. The quantitative estimate of drug-likeness (QED) is 0.935. The van der Waals surface area contributed by atoms with Crippen LogP contribution in [0.25, 0.3) is 0 Å². The molecule has 0 radical (unpaired) electrons. The van der Waals surface area contributed by atoms with Crippen LogP contribution in [-0.4, -0.2) is 29.0 Å². The fourth-order valence-corrected chi connectivity index (χ4v) is 2.69. The Morgan fingerprint density at radius 3 is 2.50 bits per heavy atom. The number of rotatable bonds is 4. The van der Waals surface area contributed by atoms with Gasteiger partial charge in [0.1, 0.15) is 11.6 Å². The lowest BCUT2D eigenvalue weighted by Crippen LogP contribution is -2.30. The van der Waals surface area contributed by atoms with Crippen molar-refractivity contribution in [2.75, 3.05) is 23.3 Å². The first-order valence-corrected chi connectivity index (χ1v) is 7.92. The van der Waals surface area contributed by atoms with Gasteiger partial charge >= 0.3 is 0 Å². The van der Waals surface area contributed by atoms with E-state index in [-0.39, 0.29) is 12.0 Å². The van der Waals surface area contributed by atoms with Crippen LogP contribution in [0.5, 0.6) is 0 Å². The maximum atomic E-state index is 13.6. The number of carbonyl (C=O) groups excluding carboxylic acids is 1. The summed E-state index contributed by atoms with van der Waals surface area (Å²) in [5, 5.41) is 2.62. The van der Waals surface area contributed by atoms with Crippen LogP contribution in [0.1, 0.15) is 24.8 Å². The first-order valence-electron chi connectivity index (χ1n) is 7.92. The van der Waals surface area contributed by atoms with Gasteiger partial charge in [-0.2, -0.15) is 0 Å². The van der Waals surface area contributed by atoms with Crippen LogP contribution >= 0.6 is 0 Å². The summed E-state index contributed by atoms with van der Waals surface area (Å²) < 4.78 is 26.4. The molecule has 3 rings (SSSR count). The number of carbonyl (C=O) groups is 1. The highest BCUT2D eigenvalue weighted by molar-refractivity contribution is 5.92. The molecule has 24 heavy (non-hydrogen) atoms. The Balaban J connectivity index is 1.59. The van der Waals surface area contributed by atoms with Crippen LogP contribution in [0.4, 0.5) is 20.4 Å². The Labute approximate surface area is 138 Å². The number of hydrogen-bond acceptors (Lipinski definition) is 4. The van der Waals surface area contributed by atoms with Crippen LogP contribution in [-0.2, 0) is 11.2 Å². The number of aromatic nitrogens is 2. The Hall–Kier alpha value is -2.57. The maximum Gasteiger partial charge on any atom is 0.228 e. The van der Waals surface area contributed by atoms with Crippen molar-refractivity contribution < 1.29 is 13.6 Å². The molecule has 2 heterocycles. The Morgan fingerprint density at radius 2 is 1.83 bits per heavy atom. The third kappa shape index (κ3) is 4.04. The van der Waals surface area contributed by atoms with Crippen LogP contribution in [0.3, 0.4) is 0 Å².